The van der Waals surface area contributed by atoms with E-state index in [1.807, 2.05) is 12.1 Å². The van der Waals surface area contributed by atoms with Crippen molar-refractivity contribution in [2.24, 2.45) is 0 Å². The average molecular weight is 286 g/mol. The van der Waals surface area contributed by atoms with Gasteiger partial charge in [0.25, 0.3) is 0 Å². The maximum absolute atomic E-state index is 5.57. The van der Waals surface area contributed by atoms with Crippen LogP contribution >= 0.6 is 0 Å². The quantitative estimate of drug-likeness (QED) is 0.933. The molecule has 112 valence electrons. The van der Waals surface area contributed by atoms with Crippen LogP contribution in [0.3, 0.4) is 0 Å². The molecule has 0 saturated carbocycles. The highest BCUT2D eigenvalue weighted by atomic mass is 16.5. The minimum atomic E-state index is 0.804. The van der Waals surface area contributed by atoms with Gasteiger partial charge < -0.3 is 14.8 Å². The Morgan fingerprint density at radius 2 is 1.81 bits per heavy atom. The minimum absolute atomic E-state index is 0.804. The van der Waals surface area contributed by atoms with Crippen LogP contribution in [-0.4, -0.2) is 25.7 Å². The Kier molecular flexibility index (Phi) is 3.86. The number of hydrogen-bond acceptors (Lipinski definition) is 4. The van der Waals surface area contributed by atoms with Gasteiger partial charge in [0.05, 0.1) is 25.3 Å². The van der Waals surface area contributed by atoms with Crippen molar-refractivity contribution in [3.63, 3.8) is 0 Å². The lowest BCUT2D eigenvalue weighted by Crippen LogP contribution is -2.12. The van der Waals surface area contributed by atoms with E-state index in [4.69, 9.17) is 14.5 Å². The van der Waals surface area contributed by atoms with Crippen molar-refractivity contribution in [1.29, 1.82) is 0 Å². The summed E-state index contributed by atoms with van der Waals surface area (Å²) in [5.41, 5.74) is 4.62. The Morgan fingerprint density at radius 1 is 1.10 bits per heavy atom. The maximum Gasteiger partial charge on any atom is 0.145 e. The zero-order valence-electron chi connectivity index (χ0n) is 13.0. The molecular formula is C17H22N2O2. The monoisotopic (exact) mass is 286 g/mol. The molecule has 1 heterocycles. The molecule has 1 aromatic carbocycles. The van der Waals surface area contributed by atoms with Crippen molar-refractivity contribution >= 4 is 16.6 Å². The van der Waals surface area contributed by atoms with Crippen LogP contribution < -0.4 is 14.8 Å². The van der Waals surface area contributed by atoms with E-state index in [2.05, 4.69) is 12.2 Å². The molecule has 0 bridgehead atoms. The number of rotatable bonds is 4. The molecule has 0 amide bonds. The number of nitrogens with zero attached hydrogens (tertiary/aromatic N) is 1. The number of ether oxygens (including phenoxy) is 2. The lowest BCUT2D eigenvalue weighted by molar-refractivity contribution is 0.409. The SMILES string of the molecule is CCNc1c2c(nc3c(OC)ccc(OC)c13)CCCC2. The van der Waals surface area contributed by atoms with Gasteiger partial charge in [0.1, 0.15) is 17.0 Å². The minimum Gasteiger partial charge on any atom is -0.496 e. The molecule has 0 aliphatic heterocycles. The van der Waals surface area contributed by atoms with Gasteiger partial charge in [-0.25, -0.2) is 4.98 Å². The van der Waals surface area contributed by atoms with E-state index in [0.717, 1.165) is 41.8 Å². The third kappa shape index (κ3) is 2.28. The van der Waals surface area contributed by atoms with Gasteiger partial charge in [-0.3, -0.25) is 0 Å². The van der Waals surface area contributed by atoms with Crippen LogP contribution in [0.2, 0.25) is 0 Å². The number of aryl methyl sites for hydroxylation is 1. The van der Waals surface area contributed by atoms with E-state index in [1.165, 1.54) is 29.8 Å². The summed E-state index contributed by atoms with van der Waals surface area (Å²) in [6.07, 6.45) is 4.57. The highest BCUT2D eigenvalue weighted by Crippen LogP contribution is 2.41. The second-order valence-electron chi connectivity index (χ2n) is 5.34. The molecule has 1 aromatic heterocycles. The van der Waals surface area contributed by atoms with Crippen LogP contribution in [0, 0.1) is 0 Å². The summed E-state index contributed by atoms with van der Waals surface area (Å²) in [6, 6.07) is 3.89. The topological polar surface area (TPSA) is 43.4 Å². The third-order valence-corrected chi connectivity index (χ3v) is 4.13. The number of pyridine rings is 1. The van der Waals surface area contributed by atoms with E-state index in [9.17, 15) is 0 Å². The number of aromatic nitrogens is 1. The summed E-state index contributed by atoms with van der Waals surface area (Å²) in [7, 11) is 3.39. The predicted octanol–water partition coefficient (Wildman–Crippen LogP) is 3.56. The number of nitrogens with one attached hydrogen (secondary N) is 1. The number of benzene rings is 1. The predicted molar refractivity (Wildman–Crippen MR) is 85.7 cm³/mol. The van der Waals surface area contributed by atoms with Crippen molar-refractivity contribution in [3.8, 4) is 11.5 Å². The summed E-state index contributed by atoms with van der Waals surface area (Å²) >= 11 is 0. The van der Waals surface area contributed by atoms with Gasteiger partial charge in [0.15, 0.2) is 0 Å². The Morgan fingerprint density at radius 3 is 2.52 bits per heavy atom. The molecule has 1 aliphatic carbocycles. The second-order valence-corrected chi connectivity index (χ2v) is 5.34. The van der Waals surface area contributed by atoms with Crippen molar-refractivity contribution in [2.45, 2.75) is 32.6 Å². The first-order valence-electron chi connectivity index (χ1n) is 7.60. The lowest BCUT2D eigenvalue weighted by Gasteiger charge is -2.23. The zero-order valence-corrected chi connectivity index (χ0v) is 13.0. The molecule has 0 saturated heterocycles. The first-order valence-corrected chi connectivity index (χ1v) is 7.60. The van der Waals surface area contributed by atoms with Gasteiger partial charge in [0, 0.05) is 12.2 Å². The van der Waals surface area contributed by atoms with Crippen LogP contribution in [0.25, 0.3) is 10.9 Å². The molecule has 0 radical (unpaired) electrons. The van der Waals surface area contributed by atoms with Gasteiger partial charge in [-0.2, -0.15) is 0 Å². The van der Waals surface area contributed by atoms with Gasteiger partial charge in [-0.1, -0.05) is 0 Å². The molecule has 0 spiro atoms. The van der Waals surface area contributed by atoms with Crippen LogP contribution in [-0.2, 0) is 12.8 Å². The second kappa shape index (κ2) is 5.80. The highest BCUT2D eigenvalue weighted by molar-refractivity contribution is 6.01. The van der Waals surface area contributed by atoms with Crippen LogP contribution in [0.15, 0.2) is 12.1 Å². The van der Waals surface area contributed by atoms with Crippen molar-refractivity contribution in [3.05, 3.63) is 23.4 Å². The fourth-order valence-electron chi connectivity index (χ4n) is 3.18. The molecule has 0 unspecified atom stereocenters. The maximum atomic E-state index is 5.57. The van der Waals surface area contributed by atoms with E-state index in [0.29, 0.717) is 0 Å². The van der Waals surface area contributed by atoms with Gasteiger partial charge >= 0.3 is 0 Å². The lowest BCUT2D eigenvalue weighted by atomic mass is 9.92. The number of methoxy groups -OCH3 is 2. The Balaban J connectivity index is 2.38. The van der Waals surface area contributed by atoms with E-state index >= 15 is 0 Å². The van der Waals surface area contributed by atoms with Crippen molar-refractivity contribution in [2.75, 3.05) is 26.1 Å². The molecule has 1 N–H and O–H groups in total. The van der Waals surface area contributed by atoms with Crippen LogP contribution in [0.4, 0.5) is 5.69 Å². The van der Waals surface area contributed by atoms with E-state index in [1.54, 1.807) is 14.2 Å². The highest BCUT2D eigenvalue weighted by Gasteiger charge is 2.22. The van der Waals surface area contributed by atoms with Crippen molar-refractivity contribution < 1.29 is 9.47 Å². The zero-order chi connectivity index (χ0) is 14.8. The Labute approximate surface area is 125 Å². The van der Waals surface area contributed by atoms with Gasteiger partial charge in [-0.05, 0) is 50.3 Å². The number of fused-ring (bicyclic) bond motifs is 2. The molecule has 21 heavy (non-hydrogen) atoms. The first-order chi connectivity index (χ1) is 10.3. The van der Waals surface area contributed by atoms with Crippen molar-refractivity contribution in [1.82, 2.24) is 4.98 Å². The van der Waals surface area contributed by atoms with Gasteiger partial charge in [-0.15, -0.1) is 0 Å². The summed E-state index contributed by atoms with van der Waals surface area (Å²) in [6.45, 7) is 3.00. The molecular weight excluding hydrogens is 264 g/mol. The average Bonchev–Trinajstić information content (AvgIpc) is 2.53. The van der Waals surface area contributed by atoms with E-state index in [-0.39, 0.29) is 0 Å². The molecule has 0 fully saturated rings. The smallest absolute Gasteiger partial charge is 0.145 e. The summed E-state index contributed by atoms with van der Waals surface area (Å²) in [5, 5.41) is 4.57. The summed E-state index contributed by atoms with van der Waals surface area (Å²) in [5.74, 6) is 1.65. The number of hydrogen-bond donors (Lipinski definition) is 1. The molecule has 4 nitrogen and oxygen atoms in total. The van der Waals surface area contributed by atoms with Crippen LogP contribution in [0.5, 0.6) is 11.5 Å². The molecule has 3 rings (SSSR count). The third-order valence-electron chi connectivity index (χ3n) is 4.13. The Bertz CT molecular complexity index is 668. The molecule has 4 heteroatoms. The summed E-state index contributed by atoms with van der Waals surface area (Å²) < 4.78 is 11.1. The summed E-state index contributed by atoms with van der Waals surface area (Å²) in [4.78, 5) is 4.89. The van der Waals surface area contributed by atoms with Gasteiger partial charge in [0.2, 0.25) is 0 Å². The van der Waals surface area contributed by atoms with Crippen LogP contribution in [0.1, 0.15) is 31.0 Å². The fraction of sp³-hybridized carbons (Fsp3) is 0.471. The largest absolute Gasteiger partial charge is 0.496 e. The molecule has 1 aliphatic rings. The Hall–Kier alpha value is -1.97. The normalized spacial score (nSPS) is 13.9. The standard InChI is InChI=1S/C17H22N2O2/c1-4-18-16-11-7-5-6-8-12(11)19-17-14(21-3)10-9-13(20-2)15(16)17/h9-10H,4-8H2,1-3H3,(H,18,19). The molecule has 2 aromatic rings. The fourth-order valence-corrected chi connectivity index (χ4v) is 3.18. The molecule has 0 atom stereocenters. The van der Waals surface area contributed by atoms with E-state index < -0.39 is 0 Å². The number of anilines is 1. The first kappa shape index (κ1) is 14.0.